The minimum absolute atomic E-state index is 0.142. The Hall–Kier alpha value is -2.60. The molecule has 29 heavy (non-hydrogen) atoms. The fourth-order valence-corrected chi connectivity index (χ4v) is 3.13. The minimum atomic E-state index is -1.31. The van der Waals surface area contributed by atoms with Crippen LogP contribution < -0.4 is 4.74 Å². The molecule has 0 N–H and O–H groups in total. The van der Waals surface area contributed by atoms with Crippen molar-refractivity contribution in [1.82, 2.24) is 0 Å². The van der Waals surface area contributed by atoms with E-state index < -0.39 is 23.1 Å². The number of benzene rings is 2. The van der Waals surface area contributed by atoms with E-state index in [1.54, 1.807) is 25.1 Å². The van der Waals surface area contributed by atoms with Gasteiger partial charge in [-0.15, -0.1) is 0 Å². The lowest BCUT2D eigenvalue weighted by Gasteiger charge is -2.42. The topological polar surface area (TPSA) is 61.8 Å². The number of halogens is 1. The zero-order chi connectivity index (χ0) is 21.2. The summed E-state index contributed by atoms with van der Waals surface area (Å²) in [5.74, 6) is -2.04. The quantitative estimate of drug-likeness (QED) is 0.354. The van der Waals surface area contributed by atoms with Crippen molar-refractivity contribution in [3.63, 3.8) is 0 Å². The molecule has 1 aliphatic heterocycles. The number of cyclic esters (lactones) is 2. The molecule has 0 saturated carbocycles. The van der Waals surface area contributed by atoms with Gasteiger partial charge in [0.2, 0.25) is 0 Å². The first-order chi connectivity index (χ1) is 13.6. The van der Waals surface area contributed by atoms with E-state index in [-0.39, 0.29) is 5.57 Å². The zero-order valence-corrected chi connectivity index (χ0v) is 18.4. The predicted octanol–water partition coefficient (Wildman–Crippen LogP) is 5.27. The molecule has 6 heteroatoms. The number of hydrogen-bond acceptors (Lipinski definition) is 5. The maximum Gasteiger partial charge on any atom is 0.348 e. The third-order valence-corrected chi connectivity index (χ3v) is 5.50. The van der Waals surface area contributed by atoms with Crippen molar-refractivity contribution >= 4 is 33.9 Å². The van der Waals surface area contributed by atoms with E-state index in [0.717, 1.165) is 5.56 Å². The van der Waals surface area contributed by atoms with Crippen LogP contribution in [-0.4, -0.2) is 17.7 Å². The van der Waals surface area contributed by atoms with Crippen molar-refractivity contribution < 1.29 is 23.8 Å². The van der Waals surface area contributed by atoms with Crippen molar-refractivity contribution in [2.24, 2.45) is 5.41 Å². The summed E-state index contributed by atoms with van der Waals surface area (Å²) < 4.78 is 17.4. The van der Waals surface area contributed by atoms with Crippen LogP contribution in [0, 0.1) is 5.41 Å². The second-order valence-electron chi connectivity index (χ2n) is 8.00. The van der Waals surface area contributed by atoms with E-state index in [1.165, 1.54) is 6.08 Å². The summed E-state index contributed by atoms with van der Waals surface area (Å²) in [6.07, 6.45) is 1.46. The lowest BCUT2D eigenvalue weighted by atomic mass is 9.85. The SMILES string of the molecule is CC(C)(C)C1(C)OC(=O)C(=Cc2ccc(OCc3ccccc3)c(Br)c2)C(=O)O1. The maximum absolute atomic E-state index is 12.5. The first-order valence-electron chi connectivity index (χ1n) is 9.24. The van der Waals surface area contributed by atoms with Gasteiger partial charge in [0.1, 0.15) is 17.9 Å². The molecule has 5 nitrogen and oxygen atoms in total. The summed E-state index contributed by atoms with van der Waals surface area (Å²) in [7, 11) is 0. The van der Waals surface area contributed by atoms with Gasteiger partial charge in [-0.05, 0) is 45.3 Å². The number of rotatable bonds is 4. The van der Waals surface area contributed by atoms with E-state index in [4.69, 9.17) is 14.2 Å². The van der Waals surface area contributed by atoms with Crippen LogP contribution in [0.2, 0.25) is 0 Å². The zero-order valence-electron chi connectivity index (χ0n) is 16.8. The molecule has 2 aromatic carbocycles. The summed E-state index contributed by atoms with van der Waals surface area (Å²) in [6, 6.07) is 15.1. The van der Waals surface area contributed by atoms with Crippen LogP contribution in [0.25, 0.3) is 6.08 Å². The van der Waals surface area contributed by atoms with E-state index in [9.17, 15) is 9.59 Å². The average Bonchev–Trinajstić information content (AvgIpc) is 2.64. The minimum Gasteiger partial charge on any atom is -0.488 e. The molecule has 2 aromatic rings. The maximum atomic E-state index is 12.5. The van der Waals surface area contributed by atoms with Crippen molar-refractivity contribution in [3.8, 4) is 5.75 Å². The van der Waals surface area contributed by atoms with E-state index in [2.05, 4.69) is 15.9 Å². The highest BCUT2D eigenvalue weighted by molar-refractivity contribution is 9.10. The Morgan fingerprint density at radius 2 is 1.66 bits per heavy atom. The van der Waals surface area contributed by atoms with E-state index in [0.29, 0.717) is 22.4 Å². The second kappa shape index (κ2) is 8.03. The molecule has 0 bridgehead atoms. The highest BCUT2D eigenvalue weighted by Gasteiger charge is 2.50. The van der Waals surface area contributed by atoms with Crippen molar-refractivity contribution in [1.29, 1.82) is 0 Å². The highest BCUT2D eigenvalue weighted by Crippen LogP contribution is 2.39. The fraction of sp³-hybridized carbons (Fsp3) is 0.304. The van der Waals surface area contributed by atoms with Gasteiger partial charge < -0.3 is 14.2 Å². The van der Waals surface area contributed by atoms with Crippen LogP contribution in [0.1, 0.15) is 38.8 Å². The van der Waals surface area contributed by atoms with Gasteiger partial charge in [-0.1, -0.05) is 57.2 Å². The molecule has 152 valence electrons. The van der Waals surface area contributed by atoms with Gasteiger partial charge >= 0.3 is 11.9 Å². The van der Waals surface area contributed by atoms with Gasteiger partial charge in [0.15, 0.2) is 0 Å². The Bertz CT molecular complexity index is 937. The lowest BCUT2D eigenvalue weighted by Crippen LogP contribution is -2.52. The van der Waals surface area contributed by atoms with Crippen LogP contribution >= 0.6 is 15.9 Å². The van der Waals surface area contributed by atoms with Crippen molar-refractivity contribution in [2.45, 2.75) is 40.1 Å². The molecule has 0 amide bonds. The van der Waals surface area contributed by atoms with E-state index in [1.807, 2.05) is 51.1 Å². The van der Waals surface area contributed by atoms with Crippen LogP contribution in [0.3, 0.4) is 0 Å². The number of esters is 2. The number of hydrogen-bond donors (Lipinski definition) is 0. The number of carbonyl (C=O) groups excluding carboxylic acids is 2. The van der Waals surface area contributed by atoms with Gasteiger partial charge in [0.05, 0.1) is 4.47 Å². The molecule has 0 aromatic heterocycles. The normalized spacial score (nSPS) is 19.4. The van der Waals surface area contributed by atoms with Crippen molar-refractivity contribution in [3.05, 3.63) is 69.7 Å². The fourth-order valence-electron chi connectivity index (χ4n) is 2.62. The Labute approximate surface area is 178 Å². The Balaban J connectivity index is 1.76. The van der Waals surface area contributed by atoms with Gasteiger partial charge in [-0.25, -0.2) is 9.59 Å². The predicted molar refractivity (Wildman–Crippen MR) is 113 cm³/mol. The van der Waals surface area contributed by atoms with Gasteiger partial charge in [0, 0.05) is 12.3 Å². The van der Waals surface area contributed by atoms with E-state index >= 15 is 0 Å². The molecule has 1 heterocycles. The third-order valence-electron chi connectivity index (χ3n) is 4.88. The average molecular weight is 459 g/mol. The van der Waals surface area contributed by atoms with Gasteiger partial charge in [0.25, 0.3) is 5.79 Å². The third kappa shape index (κ3) is 4.70. The summed E-state index contributed by atoms with van der Waals surface area (Å²) in [4.78, 5) is 24.9. The van der Waals surface area contributed by atoms with Crippen LogP contribution in [0.5, 0.6) is 5.75 Å². The molecule has 1 fully saturated rings. The summed E-state index contributed by atoms with van der Waals surface area (Å²) in [6.45, 7) is 7.55. The Morgan fingerprint density at radius 3 is 2.21 bits per heavy atom. The molecule has 0 aliphatic carbocycles. The van der Waals surface area contributed by atoms with Crippen LogP contribution in [-0.2, 0) is 25.7 Å². The molecular formula is C23H23BrO5. The molecule has 0 atom stereocenters. The van der Waals surface area contributed by atoms with Crippen molar-refractivity contribution in [2.75, 3.05) is 0 Å². The Morgan fingerprint density at radius 1 is 1.03 bits per heavy atom. The summed E-state index contributed by atoms with van der Waals surface area (Å²) in [5, 5.41) is 0. The standard InChI is InChI=1S/C23H23BrO5/c1-22(2,3)23(4)28-20(25)17(21(26)29-23)12-16-10-11-19(18(24)13-16)27-14-15-8-6-5-7-9-15/h5-13H,14H2,1-4H3. The first-order valence-corrected chi connectivity index (χ1v) is 10.0. The molecular weight excluding hydrogens is 436 g/mol. The first kappa shape index (κ1) is 21.1. The lowest BCUT2D eigenvalue weighted by molar-refractivity contribution is -0.261. The molecule has 3 rings (SSSR count). The van der Waals surface area contributed by atoms with Gasteiger partial charge in [-0.2, -0.15) is 0 Å². The Kier molecular flexibility index (Phi) is 5.85. The van der Waals surface area contributed by atoms with Gasteiger partial charge in [-0.3, -0.25) is 0 Å². The molecule has 1 saturated heterocycles. The number of carbonyl (C=O) groups is 2. The summed E-state index contributed by atoms with van der Waals surface area (Å²) >= 11 is 3.47. The number of ether oxygens (including phenoxy) is 3. The largest absolute Gasteiger partial charge is 0.488 e. The van der Waals surface area contributed by atoms with Crippen LogP contribution in [0.15, 0.2) is 58.6 Å². The summed E-state index contributed by atoms with van der Waals surface area (Å²) in [5.41, 5.74) is 1.01. The molecule has 0 unspecified atom stereocenters. The van der Waals surface area contributed by atoms with Crippen LogP contribution in [0.4, 0.5) is 0 Å². The monoisotopic (exact) mass is 458 g/mol. The molecule has 0 radical (unpaired) electrons. The smallest absolute Gasteiger partial charge is 0.348 e. The molecule has 0 spiro atoms. The molecule has 1 aliphatic rings. The highest BCUT2D eigenvalue weighted by atomic mass is 79.9. The second-order valence-corrected chi connectivity index (χ2v) is 8.85.